The molecule has 3 heterocycles. The molecule has 5 rings (SSSR count). The molecule has 1 atom stereocenters. The molecule has 3 aromatic rings. The zero-order valence-corrected chi connectivity index (χ0v) is 15.1. The van der Waals surface area contributed by atoms with Gasteiger partial charge in [0, 0.05) is 22.0 Å². The van der Waals surface area contributed by atoms with Crippen LogP contribution in [0.5, 0.6) is 0 Å². The van der Waals surface area contributed by atoms with Gasteiger partial charge in [0.2, 0.25) is 0 Å². The largest absolute Gasteiger partial charge is 0.372 e. The highest BCUT2D eigenvalue weighted by Gasteiger charge is 2.34. The van der Waals surface area contributed by atoms with E-state index in [-0.39, 0.29) is 5.91 Å². The van der Waals surface area contributed by atoms with Crippen molar-refractivity contribution in [2.75, 3.05) is 6.54 Å². The number of aromatic nitrogens is 1. The first-order valence-corrected chi connectivity index (χ1v) is 9.21. The van der Waals surface area contributed by atoms with Gasteiger partial charge < -0.3 is 10.1 Å². The number of hydroxylamine groups is 1. The average molecular weight is 363 g/mol. The molecule has 1 saturated heterocycles. The minimum atomic E-state index is -0.943. The summed E-state index contributed by atoms with van der Waals surface area (Å²) >= 11 is 0. The standard InChI is InChI=1S/C21H21N3O3/c1-12-10-13(6-7-16(12)21(26)8-3-9-22-21)19-15-11-27-24-20(25)14-4-2-5-17(23-19)18(14)15/h2,4-7,10,22-23,26H,3,8-9,11H2,1H3,(H,24,25). The molecule has 0 spiro atoms. The zero-order chi connectivity index (χ0) is 18.6. The van der Waals surface area contributed by atoms with Crippen LogP contribution in [0.25, 0.3) is 22.2 Å². The quantitative estimate of drug-likeness (QED) is 0.564. The molecule has 138 valence electrons. The molecule has 0 radical (unpaired) electrons. The van der Waals surface area contributed by atoms with Crippen LogP contribution in [0.1, 0.15) is 39.9 Å². The lowest BCUT2D eigenvalue weighted by molar-refractivity contribution is 0.0201. The Bertz CT molecular complexity index is 1060. The van der Waals surface area contributed by atoms with Crippen molar-refractivity contribution < 1.29 is 14.7 Å². The zero-order valence-electron chi connectivity index (χ0n) is 15.1. The minimum absolute atomic E-state index is 0.231. The van der Waals surface area contributed by atoms with Gasteiger partial charge in [-0.05, 0) is 55.6 Å². The Morgan fingerprint density at radius 1 is 1.22 bits per heavy atom. The van der Waals surface area contributed by atoms with Gasteiger partial charge in [-0.15, -0.1) is 0 Å². The molecule has 2 aliphatic rings. The van der Waals surface area contributed by atoms with E-state index in [2.05, 4.69) is 21.8 Å². The molecule has 27 heavy (non-hydrogen) atoms. The molecule has 0 saturated carbocycles. The predicted molar refractivity (Wildman–Crippen MR) is 102 cm³/mol. The molecule has 1 aromatic heterocycles. The number of nitrogens with one attached hydrogen (secondary N) is 3. The molecule has 2 aliphatic heterocycles. The topological polar surface area (TPSA) is 86.4 Å². The van der Waals surface area contributed by atoms with Crippen molar-refractivity contribution in [3.8, 4) is 11.3 Å². The first-order valence-electron chi connectivity index (χ1n) is 9.21. The molecule has 2 aromatic carbocycles. The first kappa shape index (κ1) is 16.5. The molecule has 0 bridgehead atoms. The fourth-order valence-electron chi connectivity index (χ4n) is 4.37. The van der Waals surface area contributed by atoms with E-state index in [1.54, 1.807) is 0 Å². The first-order chi connectivity index (χ1) is 13.1. The summed E-state index contributed by atoms with van der Waals surface area (Å²) in [5.41, 5.74) is 7.92. The fraction of sp³-hybridized carbons (Fsp3) is 0.286. The van der Waals surface area contributed by atoms with E-state index < -0.39 is 5.72 Å². The predicted octanol–water partition coefficient (Wildman–Crippen LogP) is 2.85. The van der Waals surface area contributed by atoms with Crippen LogP contribution in [-0.4, -0.2) is 22.5 Å². The lowest BCUT2D eigenvalue weighted by Gasteiger charge is -2.25. The molecule has 1 fully saturated rings. The summed E-state index contributed by atoms with van der Waals surface area (Å²) in [5, 5.41) is 15.0. The van der Waals surface area contributed by atoms with Crippen LogP contribution >= 0.6 is 0 Å². The van der Waals surface area contributed by atoms with Gasteiger partial charge in [0.1, 0.15) is 12.3 Å². The van der Waals surface area contributed by atoms with Crippen LogP contribution < -0.4 is 10.8 Å². The minimum Gasteiger partial charge on any atom is -0.372 e. The van der Waals surface area contributed by atoms with Crippen molar-refractivity contribution >= 4 is 16.8 Å². The van der Waals surface area contributed by atoms with Gasteiger partial charge in [0.25, 0.3) is 5.91 Å². The van der Waals surface area contributed by atoms with E-state index in [9.17, 15) is 9.90 Å². The Morgan fingerprint density at radius 2 is 2.11 bits per heavy atom. The molecule has 1 unspecified atom stereocenters. The maximum Gasteiger partial charge on any atom is 0.275 e. The SMILES string of the molecule is Cc1cc(-c2[nH]c3cccc4c3c2CONC4=O)ccc1C1(O)CCCN1. The van der Waals surface area contributed by atoms with E-state index >= 15 is 0 Å². The maximum atomic E-state index is 12.2. The molecule has 6 heteroatoms. The Labute approximate surface area is 156 Å². The Morgan fingerprint density at radius 3 is 2.89 bits per heavy atom. The van der Waals surface area contributed by atoms with Crippen LogP contribution in [0.4, 0.5) is 0 Å². The summed E-state index contributed by atoms with van der Waals surface area (Å²) in [6, 6.07) is 11.7. The summed E-state index contributed by atoms with van der Waals surface area (Å²) in [4.78, 5) is 21.1. The molecular formula is C21H21N3O3. The number of hydrogen-bond donors (Lipinski definition) is 4. The second-order valence-corrected chi connectivity index (χ2v) is 7.35. The average Bonchev–Trinajstić information content (AvgIpc) is 3.21. The molecule has 0 aliphatic carbocycles. The van der Waals surface area contributed by atoms with Crippen molar-refractivity contribution in [3.63, 3.8) is 0 Å². The molecule has 6 nitrogen and oxygen atoms in total. The molecule has 1 amide bonds. The number of aryl methyl sites for hydroxylation is 1. The summed E-state index contributed by atoms with van der Waals surface area (Å²) in [7, 11) is 0. The number of H-pyrrole nitrogens is 1. The maximum absolute atomic E-state index is 12.2. The van der Waals surface area contributed by atoms with Crippen molar-refractivity contribution in [3.05, 3.63) is 58.7 Å². The highest BCUT2D eigenvalue weighted by molar-refractivity contribution is 6.09. The Balaban J connectivity index is 1.66. The van der Waals surface area contributed by atoms with Crippen LogP contribution in [-0.2, 0) is 17.2 Å². The summed E-state index contributed by atoms with van der Waals surface area (Å²) in [6.07, 6.45) is 1.68. The third-order valence-electron chi connectivity index (χ3n) is 5.65. The van der Waals surface area contributed by atoms with Crippen molar-refractivity contribution in [2.45, 2.75) is 32.1 Å². The lowest BCUT2D eigenvalue weighted by Crippen LogP contribution is -2.36. The van der Waals surface area contributed by atoms with Crippen LogP contribution in [0.15, 0.2) is 36.4 Å². The molecular weight excluding hydrogens is 342 g/mol. The smallest absolute Gasteiger partial charge is 0.275 e. The normalized spacial score (nSPS) is 22.1. The summed E-state index contributed by atoms with van der Waals surface area (Å²) in [6.45, 7) is 3.14. The molecule has 4 N–H and O–H groups in total. The number of amides is 1. The van der Waals surface area contributed by atoms with Crippen LogP contribution in [0.2, 0.25) is 0 Å². The van der Waals surface area contributed by atoms with Crippen LogP contribution in [0, 0.1) is 6.92 Å². The van der Waals surface area contributed by atoms with E-state index in [0.29, 0.717) is 12.2 Å². The van der Waals surface area contributed by atoms with Crippen molar-refractivity contribution in [1.29, 1.82) is 0 Å². The van der Waals surface area contributed by atoms with Gasteiger partial charge in [-0.1, -0.05) is 18.2 Å². The number of carbonyl (C=O) groups excluding carboxylic acids is 1. The number of hydrogen-bond acceptors (Lipinski definition) is 4. The second kappa shape index (κ2) is 5.92. The van der Waals surface area contributed by atoms with Gasteiger partial charge in [0.15, 0.2) is 0 Å². The summed E-state index contributed by atoms with van der Waals surface area (Å²) < 4.78 is 0. The summed E-state index contributed by atoms with van der Waals surface area (Å²) in [5.74, 6) is -0.231. The number of benzene rings is 2. The van der Waals surface area contributed by atoms with Gasteiger partial charge in [-0.25, -0.2) is 5.48 Å². The van der Waals surface area contributed by atoms with E-state index in [4.69, 9.17) is 4.84 Å². The number of rotatable bonds is 2. The van der Waals surface area contributed by atoms with Gasteiger partial charge >= 0.3 is 0 Å². The number of carbonyl (C=O) groups is 1. The second-order valence-electron chi connectivity index (χ2n) is 7.35. The van der Waals surface area contributed by atoms with Crippen LogP contribution in [0.3, 0.4) is 0 Å². The van der Waals surface area contributed by atoms with Gasteiger partial charge in [-0.2, -0.15) is 0 Å². The van der Waals surface area contributed by atoms with E-state index in [0.717, 1.165) is 58.2 Å². The Kier molecular flexibility index (Phi) is 3.62. The van der Waals surface area contributed by atoms with Gasteiger partial charge in [0.05, 0.1) is 11.3 Å². The Hall–Kier alpha value is -2.67. The van der Waals surface area contributed by atoms with Crippen molar-refractivity contribution in [2.24, 2.45) is 0 Å². The van der Waals surface area contributed by atoms with E-state index in [1.165, 1.54) is 0 Å². The fourth-order valence-corrected chi connectivity index (χ4v) is 4.37. The highest BCUT2D eigenvalue weighted by Crippen LogP contribution is 2.37. The number of aromatic amines is 1. The van der Waals surface area contributed by atoms with Gasteiger partial charge in [-0.3, -0.25) is 14.9 Å². The van der Waals surface area contributed by atoms with E-state index in [1.807, 2.05) is 37.3 Å². The highest BCUT2D eigenvalue weighted by atomic mass is 16.6. The van der Waals surface area contributed by atoms with Crippen molar-refractivity contribution in [1.82, 2.24) is 15.8 Å². The third kappa shape index (κ3) is 2.49. The third-order valence-corrected chi connectivity index (χ3v) is 5.65. The number of aliphatic hydroxyl groups is 1. The lowest BCUT2D eigenvalue weighted by atomic mass is 9.93. The monoisotopic (exact) mass is 363 g/mol.